The molecule has 0 bridgehead atoms. The van der Waals surface area contributed by atoms with E-state index in [1.165, 1.54) is 0 Å². The molecule has 0 aliphatic heterocycles. The van der Waals surface area contributed by atoms with E-state index in [0.29, 0.717) is 43.0 Å². The second-order valence-corrected chi connectivity index (χ2v) is 9.41. The minimum absolute atomic E-state index is 0.0524. The first-order valence-electron chi connectivity index (χ1n) is 12.5. The third-order valence-corrected chi connectivity index (χ3v) is 6.36. The maximum atomic E-state index is 13.6. The van der Waals surface area contributed by atoms with Crippen LogP contribution in [0.3, 0.4) is 0 Å². The number of benzene rings is 3. The first-order chi connectivity index (χ1) is 17.9. The average molecular weight is 499 g/mol. The Balaban J connectivity index is 1.66. The van der Waals surface area contributed by atoms with E-state index in [1.807, 2.05) is 105 Å². The van der Waals surface area contributed by atoms with E-state index in [9.17, 15) is 9.59 Å². The number of para-hydroxylation sites is 1. The number of fused-ring (bicyclic) bond motifs is 1. The lowest BCUT2D eigenvalue weighted by molar-refractivity contribution is -0.139. The van der Waals surface area contributed by atoms with Gasteiger partial charge in [0.05, 0.1) is 30.1 Å². The molecule has 1 atom stereocenters. The second kappa shape index (κ2) is 12.4. The molecule has 1 aromatic heterocycles. The van der Waals surface area contributed by atoms with Crippen molar-refractivity contribution in [3.63, 3.8) is 0 Å². The summed E-state index contributed by atoms with van der Waals surface area (Å²) in [7, 11) is 3.94. The summed E-state index contributed by atoms with van der Waals surface area (Å²) < 4.78 is 7.48. The van der Waals surface area contributed by atoms with E-state index in [4.69, 9.17) is 9.72 Å². The number of ether oxygens (including phenoxy) is 1. The van der Waals surface area contributed by atoms with Crippen LogP contribution >= 0.6 is 0 Å². The first-order valence-corrected chi connectivity index (χ1v) is 12.5. The van der Waals surface area contributed by atoms with Crippen LogP contribution in [0.5, 0.6) is 0 Å². The van der Waals surface area contributed by atoms with Gasteiger partial charge >= 0.3 is 0 Å². The molecule has 192 valence electrons. The van der Waals surface area contributed by atoms with Crippen LogP contribution in [-0.2, 0) is 22.7 Å². The number of aromatic nitrogens is 2. The molecular formula is C30H34N4O3. The third-order valence-electron chi connectivity index (χ3n) is 6.36. The van der Waals surface area contributed by atoms with E-state index in [-0.39, 0.29) is 18.1 Å². The lowest BCUT2D eigenvalue weighted by atomic mass is 10.1. The van der Waals surface area contributed by atoms with Crippen molar-refractivity contribution in [1.82, 2.24) is 19.4 Å². The van der Waals surface area contributed by atoms with Crippen molar-refractivity contribution in [2.24, 2.45) is 0 Å². The number of amides is 1. The normalized spacial score (nSPS) is 12.1. The standard InChI is InChI=1S/C30H34N4O3/c1-23(33(19-18-32(2)3)28(35)22-37-21-25-14-8-5-9-15-25)29-31-27-17-11-10-16-26(27)30(36)34(29)20-24-12-6-4-7-13-24/h4-17,23H,18-22H2,1-3H3. The molecule has 0 spiro atoms. The van der Waals surface area contributed by atoms with E-state index < -0.39 is 6.04 Å². The number of rotatable bonds is 11. The van der Waals surface area contributed by atoms with Gasteiger partial charge in [0.15, 0.2) is 0 Å². The summed E-state index contributed by atoms with van der Waals surface area (Å²) in [4.78, 5) is 35.8. The highest BCUT2D eigenvalue weighted by molar-refractivity contribution is 5.79. The van der Waals surface area contributed by atoms with Crippen molar-refractivity contribution in [2.75, 3.05) is 33.8 Å². The summed E-state index contributed by atoms with van der Waals surface area (Å²) >= 11 is 0. The molecule has 7 heteroatoms. The Hall–Kier alpha value is -3.81. The number of hydrogen-bond donors (Lipinski definition) is 0. The largest absolute Gasteiger partial charge is 0.367 e. The molecule has 4 rings (SSSR count). The minimum Gasteiger partial charge on any atom is -0.367 e. The molecule has 0 N–H and O–H groups in total. The summed E-state index contributed by atoms with van der Waals surface area (Å²) in [5.41, 5.74) is 2.51. The van der Waals surface area contributed by atoms with E-state index in [1.54, 1.807) is 15.5 Å². The summed E-state index contributed by atoms with van der Waals surface area (Å²) in [6.45, 7) is 3.76. The third kappa shape index (κ3) is 6.70. The quantitative estimate of drug-likeness (QED) is 0.311. The van der Waals surface area contributed by atoms with Crippen LogP contribution in [0.4, 0.5) is 0 Å². The van der Waals surface area contributed by atoms with Crippen molar-refractivity contribution in [1.29, 1.82) is 0 Å². The Bertz CT molecular complexity index is 1370. The monoisotopic (exact) mass is 498 g/mol. The Labute approximate surface area is 217 Å². The Kier molecular flexibility index (Phi) is 8.82. The van der Waals surface area contributed by atoms with Gasteiger partial charge in [-0.2, -0.15) is 0 Å². The van der Waals surface area contributed by atoms with E-state index in [0.717, 1.165) is 11.1 Å². The zero-order valence-corrected chi connectivity index (χ0v) is 21.7. The molecular weight excluding hydrogens is 464 g/mol. The molecule has 1 heterocycles. The van der Waals surface area contributed by atoms with Gasteiger partial charge in [-0.1, -0.05) is 72.8 Å². The molecule has 1 amide bonds. The van der Waals surface area contributed by atoms with Crippen molar-refractivity contribution >= 4 is 16.8 Å². The molecule has 3 aromatic carbocycles. The summed E-state index contributed by atoms with van der Waals surface area (Å²) in [6.07, 6.45) is 0. The van der Waals surface area contributed by atoms with Gasteiger partial charge in [-0.25, -0.2) is 4.98 Å². The highest BCUT2D eigenvalue weighted by atomic mass is 16.5. The van der Waals surface area contributed by atoms with Crippen LogP contribution in [0.25, 0.3) is 10.9 Å². The number of carbonyl (C=O) groups is 1. The van der Waals surface area contributed by atoms with E-state index >= 15 is 0 Å². The maximum absolute atomic E-state index is 13.6. The fourth-order valence-electron chi connectivity index (χ4n) is 4.32. The SMILES string of the molecule is CC(c1nc2ccccc2c(=O)n1Cc1ccccc1)N(CCN(C)C)C(=O)COCc1ccccc1. The minimum atomic E-state index is -0.436. The predicted octanol–water partition coefficient (Wildman–Crippen LogP) is 4.11. The molecule has 37 heavy (non-hydrogen) atoms. The molecule has 0 aliphatic carbocycles. The number of hydrogen-bond acceptors (Lipinski definition) is 5. The van der Waals surface area contributed by atoms with Crippen molar-refractivity contribution in [3.05, 3.63) is 112 Å². The molecule has 0 saturated heterocycles. The summed E-state index contributed by atoms with van der Waals surface area (Å²) in [5, 5.41) is 0.562. The Morgan fingerprint density at radius 1 is 0.892 bits per heavy atom. The van der Waals surface area contributed by atoms with Gasteiger partial charge < -0.3 is 14.5 Å². The molecule has 0 radical (unpaired) electrons. The number of nitrogens with zero attached hydrogens (tertiary/aromatic N) is 4. The Morgan fingerprint density at radius 3 is 2.19 bits per heavy atom. The summed E-state index contributed by atoms with van der Waals surface area (Å²) in [6, 6.07) is 26.5. The highest BCUT2D eigenvalue weighted by Gasteiger charge is 2.26. The summed E-state index contributed by atoms with van der Waals surface area (Å²) in [5.74, 6) is 0.418. The van der Waals surface area contributed by atoms with E-state index in [2.05, 4.69) is 0 Å². The molecule has 1 unspecified atom stereocenters. The van der Waals surface area contributed by atoms with Crippen LogP contribution in [0, 0.1) is 0 Å². The fraction of sp³-hybridized carbons (Fsp3) is 0.300. The van der Waals surface area contributed by atoms with Gasteiger partial charge in [0.1, 0.15) is 12.4 Å². The highest BCUT2D eigenvalue weighted by Crippen LogP contribution is 2.21. The van der Waals surface area contributed by atoms with Crippen LogP contribution in [0.2, 0.25) is 0 Å². The molecule has 0 aliphatic rings. The topological polar surface area (TPSA) is 67.7 Å². The van der Waals surface area contributed by atoms with Gasteiger partial charge in [0.2, 0.25) is 5.91 Å². The van der Waals surface area contributed by atoms with Gasteiger partial charge in [-0.15, -0.1) is 0 Å². The number of likely N-dealkylation sites (N-methyl/N-ethyl adjacent to an activating group) is 1. The fourth-order valence-corrected chi connectivity index (χ4v) is 4.32. The molecule has 4 aromatic rings. The smallest absolute Gasteiger partial charge is 0.261 e. The van der Waals surface area contributed by atoms with Crippen LogP contribution in [0.1, 0.15) is 29.9 Å². The molecule has 0 fully saturated rings. The zero-order chi connectivity index (χ0) is 26.2. The average Bonchev–Trinajstić information content (AvgIpc) is 2.91. The van der Waals surface area contributed by atoms with Crippen LogP contribution in [0.15, 0.2) is 89.7 Å². The molecule has 7 nitrogen and oxygen atoms in total. The predicted molar refractivity (Wildman–Crippen MR) is 146 cm³/mol. The number of carbonyl (C=O) groups excluding carboxylic acids is 1. The van der Waals surface area contributed by atoms with Gasteiger partial charge in [0, 0.05) is 13.1 Å². The van der Waals surface area contributed by atoms with Crippen LogP contribution in [-0.4, -0.2) is 59.0 Å². The van der Waals surface area contributed by atoms with Gasteiger partial charge in [-0.05, 0) is 44.3 Å². The zero-order valence-electron chi connectivity index (χ0n) is 21.7. The first kappa shape index (κ1) is 26.3. The Morgan fingerprint density at radius 2 is 1.51 bits per heavy atom. The molecule has 0 saturated carbocycles. The second-order valence-electron chi connectivity index (χ2n) is 9.41. The van der Waals surface area contributed by atoms with Gasteiger partial charge in [0.25, 0.3) is 5.56 Å². The van der Waals surface area contributed by atoms with Crippen molar-refractivity contribution in [2.45, 2.75) is 26.1 Å². The lowest BCUT2D eigenvalue weighted by Gasteiger charge is -2.31. The van der Waals surface area contributed by atoms with Gasteiger partial charge in [-0.3, -0.25) is 14.2 Å². The maximum Gasteiger partial charge on any atom is 0.261 e. The van der Waals surface area contributed by atoms with Crippen molar-refractivity contribution < 1.29 is 9.53 Å². The van der Waals surface area contributed by atoms with Crippen molar-refractivity contribution in [3.8, 4) is 0 Å². The van der Waals surface area contributed by atoms with Crippen LogP contribution < -0.4 is 5.56 Å². The lowest BCUT2D eigenvalue weighted by Crippen LogP contribution is -2.42.